The Kier molecular flexibility index (Phi) is 9.33. The van der Waals surface area contributed by atoms with Crippen LogP contribution in [-0.4, -0.2) is 45.8 Å². The maximum Gasteiger partial charge on any atom is 0.408 e. The van der Waals surface area contributed by atoms with Gasteiger partial charge in [0.05, 0.1) is 23.3 Å². The van der Waals surface area contributed by atoms with Crippen LogP contribution in [0.2, 0.25) is 0 Å². The molecule has 2 aromatic heterocycles. The zero-order valence-electron chi connectivity index (χ0n) is 24.7. The van der Waals surface area contributed by atoms with Gasteiger partial charge in [0.25, 0.3) is 5.91 Å². The van der Waals surface area contributed by atoms with E-state index < -0.39 is 23.7 Å². The zero-order valence-corrected chi connectivity index (χ0v) is 25.5. The number of benzene rings is 2. The fourth-order valence-electron chi connectivity index (χ4n) is 4.43. The summed E-state index contributed by atoms with van der Waals surface area (Å²) < 4.78 is 12.7. The molecule has 0 saturated carbocycles. The molecule has 0 radical (unpaired) electrons. The predicted octanol–water partition coefficient (Wildman–Crippen LogP) is 5.69. The van der Waals surface area contributed by atoms with Gasteiger partial charge in [-0.1, -0.05) is 32.0 Å². The average molecular weight is 592 g/mol. The number of alkyl carbamates (subject to hydrolysis) is 1. The van der Waals surface area contributed by atoms with E-state index in [4.69, 9.17) is 15.3 Å². The fraction of sp³-hybridized carbons (Fsp3) is 0.355. The number of hydrazine groups is 1. The minimum Gasteiger partial charge on any atom is -0.462 e. The third-order valence-electron chi connectivity index (χ3n) is 6.49. The first-order valence-electron chi connectivity index (χ1n) is 13.7. The quantitative estimate of drug-likeness (QED) is 0.111. The monoisotopic (exact) mass is 591 g/mol. The van der Waals surface area contributed by atoms with Crippen molar-refractivity contribution in [3.63, 3.8) is 0 Å². The highest BCUT2D eigenvalue weighted by Crippen LogP contribution is 2.28. The van der Waals surface area contributed by atoms with Crippen molar-refractivity contribution in [2.24, 2.45) is 11.8 Å². The van der Waals surface area contributed by atoms with Crippen LogP contribution in [0, 0.1) is 12.8 Å². The fourth-order valence-corrected chi connectivity index (χ4v) is 5.16. The van der Waals surface area contributed by atoms with Gasteiger partial charge >= 0.3 is 12.1 Å². The van der Waals surface area contributed by atoms with Crippen molar-refractivity contribution in [2.75, 3.05) is 11.6 Å². The van der Waals surface area contributed by atoms with Gasteiger partial charge in [-0.3, -0.25) is 4.79 Å². The van der Waals surface area contributed by atoms with Crippen LogP contribution in [0.5, 0.6) is 0 Å². The number of esters is 1. The van der Waals surface area contributed by atoms with Crippen molar-refractivity contribution < 1.29 is 23.9 Å². The third kappa shape index (κ3) is 7.34. The summed E-state index contributed by atoms with van der Waals surface area (Å²) in [6, 6.07) is 15.9. The molecule has 2 amide bonds. The van der Waals surface area contributed by atoms with Gasteiger partial charge in [-0.05, 0) is 81.0 Å². The predicted molar refractivity (Wildman–Crippen MR) is 164 cm³/mol. The molecule has 4 rings (SSSR count). The second-order valence-corrected chi connectivity index (χ2v) is 12.2. The molecule has 0 aliphatic rings. The molecule has 222 valence electrons. The Bertz CT molecular complexity index is 1570. The standard InChI is InChI=1S/C31H37N5O5S/c1-19(2)27(34-30(39)41-31(4,5)6)29(38)40-15-14-35-20(3)33-24-18-22(12-13-25(24)35)28(37)36(32)23-10-7-9-21(17-23)26-11-8-16-42-26/h7-13,16-19,27H,14-15,32H2,1-6H3,(H,34,39). The van der Waals surface area contributed by atoms with Crippen LogP contribution >= 0.6 is 11.3 Å². The van der Waals surface area contributed by atoms with Gasteiger partial charge in [0.15, 0.2) is 0 Å². The van der Waals surface area contributed by atoms with Gasteiger partial charge in [0.1, 0.15) is 24.1 Å². The number of nitrogens with two attached hydrogens (primary N) is 1. The molecular formula is C31H37N5O5S. The molecule has 4 aromatic rings. The van der Waals surface area contributed by atoms with Crippen molar-refractivity contribution in [2.45, 2.75) is 59.7 Å². The van der Waals surface area contributed by atoms with Crippen molar-refractivity contribution in [1.29, 1.82) is 0 Å². The Morgan fingerprint density at radius 2 is 1.86 bits per heavy atom. The molecule has 0 aliphatic carbocycles. The van der Waals surface area contributed by atoms with Gasteiger partial charge < -0.3 is 19.4 Å². The van der Waals surface area contributed by atoms with Crippen LogP contribution < -0.4 is 16.2 Å². The topological polar surface area (TPSA) is 129 Å². The van der Waals surface area contributed by atoms with Crippen LogP contribution in [0.25, 0.3) is 21.5 Å². The van der Waals surface area contributed by atoms with E-state index in [1.807, 2.05) is 61.1 Å². The van der Waals surface area contributed by atoms with E-state index in [-0.39, 0.29) is 18.4 Å². The number of fused-ring (bicyclic) bond motifs is 1. The molecule has 0 saturated heterocycles. The van der Waals surface area contributed by atoms with Gasteiger partial charge in [-0.25, -0.2) is 25.4 Å². The molecule has 2 aromatic carbocycles. The smallest absolute Gasteiger partial charge is 0.408 e. The molecule has 2 heterocycles. The summed E-state index contributed by atoms with van der Waals surface area (Å²) in [5.41, 5.74) is 2.69. The average Bonchev–Trinajstić information content (AvgIpc) is 3.57. The van der Waals surface area contributed by atoms with Crippen LogP contribution in [-0.2, 0) is 20.8 Å². The highest BCUT2D eigenvalue weighted by atomic mass is 32.1. The van der Waals surface area contributed by atoms with Crippen LogP contribution in [0.1, 0.15) is 50.8 Å². The minimum atomic E-state index is -0.848. The highest BCUT2D eigenvalue weighted by Gasteiger charge is 2.28. The number of aryl methyl sites for hydroxylation is 1. The lowest BCUT2D eigenvalue weighted by Crippen LogP contribution is -2.47. The molecule has 0 spiro atoms. The second kappa shape index (κ2) is 12.7. The first-order chi connectivity index (χ1) is 19.8. The molecular weight excluding hydrogens is 554 g/mol. The Morgan fingerprint density at radius 1 is 1.10 bits per heavy atom. The number of anilines is 1. The number of ether oxygens (including phenoxy) is 2. The maximum absolute atomic E-state index is 13.3. The Balaban J connectivity index is 1.42. The zero-order chi connectivity index (χ0) is 30.6. The number of nitrogens with one attached hydrogen (secondary N) is 1. The number of nitrogens with zero attached hydrogens (tertiary/aromatic N) is 3. The van der Waals surface area contributed by atoms with Crippen molar-refractivity contribution in [3.8, 4) is 10.4 Å². The lowest BCUT2D eigenvalue weighted by atomic mass is 10.1. The largest absolute Gasteiger partial charge is 0.462 e. The number of amides is 2. The van der Waals surface area contributed by atoms with E-state index in [2.05, 4.69) is 10.3 Å². The molecule has 10 nitrogen and oxygen atoms in total. The summed E-state index contributed by atoms with van der Waals surface area (Å²) in [6.07, 6.45) is -0.675. The molecule has 0 fully saturated rings. The first-order valence-corrected chi connectivity index (χ1v) is 14.6. The molecule has 1 atom stereocenters. The van der Waals surface area contributed by atoms with E-state index in [0.717, 1.165) is 21.0 Å². The molecule has 0 bridgehead atoms. The van der Waals surface area contributed by atoms with E-state index in [0.29, 0.717) is 29.1 Å². The van der Waals surface area contributed by atoms with E-state index in [9.17, 15) is 14.4 Å². The van der Waals surface area contributed by atoms with Crippen LogP contribution in [0.4, 0.5) is 10.5 Å². The molecule has 1 unspecified atom stereocenters. The second-order valence-electron chi connectivity index (χ2n) is 11.3. The number of aromatic nitrogens is 2. The van der Waals surface area contributed by atoms with E-state index >= 15 is 0 Å². The SMILES string of the molecule is Cc1nc2cc(C(=O)N(N)c3cccc(-c4cccs4)c3)ccc2n1CCOC(=O)C(NC(=O)OC(C)(C)C)C(C)C. The number of carbonyl (C=O) groups excluding carboxylic acids is 3. The third-order valence-corrected chi connectivity index (χ3v) is 7.41. The van der Waals surface area contributed by atoms with Crippen LogP contribution in [0.15, 0.2) is 60.0 Å². The number of rotatable bonds is 9. The normalized spacial score (nSPS) is 12.3. The summed E-state index contributed by atoms with van der Waals surface area (Å²) in [4.78, 5) is 44.0. The Morgan fingerprint density at radius 3 is 2.52 bits per heavy atom. The van der Waals surface area contributed by atoms with Crippen molar-refractivity contribution >= 4 is 46.0 Å². The van der Waals surface area contributed by atoms with Gasteiger partial charge in [0.2, 0.25) is 0 Å². The van der Waals surface area contributed by atoms with Crippen molar-refractivity contribution in [3.05, 3.63) is 71.4 Å². The molecule has 3 N–H and O–H groups in total. The minimum absolute atomic E-state index is 0.0716. The van der Waals surface area contributed by atoms with E-state index in [1.165, 1.54) is 0 Å². The summed E-state index contributed by atoms with van der Waals surface area (Å²) >= 11 is 1.62. The van der Waals surface area contributed by atoms with Gasteiger partial charge in [-0.15, -0.1) is 11.3 Å². The van der Waals surface area contributed by atoms with Gasteiger partial charge in [-0.2, -0.15) is 0 Å². The summed E-state index contributed by atoms with van der Waals surface area (Å²) in [5.74, 6) is 5.85. The van der Waals surface area contributed by atoms with Crippen molar-refractivity contribution in [1.82, 2.24) is 14.9 Å². The van der Waals surface area contributed by atoms with Gasteiger partial charge in [0, 0.05) is 10.4 Å². The highest BCUT2D eigenvalue weighted by molar-refractivity contribution is 7.13. The maximum atomic E-state index is 13.3. The van der Waals surface area contributed by atoms with Crippen LogP contribution in [0.3, 0.4) is 0 Å². The molecule has 11 heteroatoms. The lowest BCUT2D eigenvalue weighted by molar-refractivity contribution is -0.147. The number of thiophene rings is 1. The Hall–Kier alpha value is -4.22. The Labute approximate surface area is 249 Å². The summed E-state index contributed by atoms with van der Waals surface area (Å²) in [5, 5.41) is 5.74. The first kappa shape index (κ1) is 30.7. The lowest BCUT2D eigenvalue weighted by Gasteiger charge is -2.24. The van der Waals surface area contributed by atoms with E-state index in [1.54, 1.807) is 56.4 Å². The number of imidazole rings is 1. The molecule has 42 heavy (non-hydrogen) atoms. The molecule has 0 aliphatic heterocycles. The summed E-state index contributed by atoms with van der Waals surface area (Å²) in [7, 11) is 0. The number of hydrogen-bond donors (Lipinski definition) is 2. The summed E-state index contributed by atoms with van der Waals surface area (Å²) in [6.45, 7) is 11.2. The number of hydrogen-bond acceptors (Lipinski definition) is 8. The number of carbonyl (C=O) groups is 3.